The van der Waals surface area contributed by atoms with E-state index in [2.05, 4.69) is 21.8 Å². The second-order valence-electron chi connectivity index (χ2n) is 6.43. The van der Waals surface area contributed by atoms with Crippen LogP contribution in [0.25, 0.3) is 0 Å². The van der Waals surface area contributed by atoms with Gasteiger partial charge in [0.25, 0.3) is 0 Å². The van der Waals surface area contributed by atoms with Crippen molar-refractivity contribution in [3.63, 3.8) is 0 Å². The number of pyridine rings is 2. The molecule has 1 aliphatic heterocycles. The van der Waals surface area contributed by atoms with Gasteiger partial charge in [0.05, 0.1) is 12.7 Å². The fraction of sp³-hybridized carbons (Fsp3) is 0.286. The molecule has 0 bridgehead atoms. The first-order valence-electron chi connectivity index (χ1n) is 9.09. The number of aromatic hydroxyl groups is 1. The van der Waals surface area contributed by atoms with Gasteiger partial charge in [-0.2, -0.15) is 5.06 Å². The number of hydroxylamine groups is 2. The molecule has 0 aromatic carbocycles. The van der Waals surface area contributed by atoms with Crippen molar-refractivity contribution in [2.24, 2.45) is 5.73 Å². The third-order valence-corrected chi connectivity index (χ3v) is 3.81. The average molecular weight is 412 g/mol. The van der Waals surface area contributed by atoms with E-state index in [1.54, 1.807) is 24.3 Å². The molecule has 2 amide bonds. The van der Waals surface area contributed by atoms with Gasteiger partial charge in [-0.25, -0.2) is 14.8 Å². The van der Waals surface area contributed by atoms with Gasteiger partial charge in [-0.15, -0.1) is 0 Å². The summed E-state index contributed by atoms with van der Waals surface area (Å²) in [6.45, 7) is 5.20. The van der Waals surface area contributed by atoms with Crippen molar-refractivity contribution in [1.29, 1.82) is 0 Å². The molecule has 0 fully saturated rings. The van der Waals surface area contributed by atoms with Gasteiger partial charge in [0, 0.05) is 23.5 Å². The first kappa shape index (κ1) is 22.5. The van der Waals surface area contributed by atoms with Crippen molar-refractivity contribution >= 4 is 6.03 Å². The van der Waals surface area contributed by atoms with E-state index in [4.69, 9.17) is 20.3 Å². The summed E-state index contributed by atoms with van der Waals surface area (Å²) in [6.07, 6.45) is 3.64. The Morgan fingerprint density at radius 1 is 1.27 bits per heavy atom. The molecular weight excluding hydrogens is 388 g/mol. The number of carbonyl (C=O) groups excluding carboxylic acids is 1. The van der Waals surface area contributed by atoms with Crippen LogP contribution in [0.5, 0.6) is 11.8 Å². The van der Waals surface area contributed by atoms with Gasteiger partial charge in [-0.1, -0.05) is 18.1 Å². The lowest BCUT2D eigenvalue weighted by atomic mass is 10.2. The molecule has 9 heteroatoms. The summed E-state index contributed by atoms with van der Waals surface area (Å²) in [4.78, 5) is 18.9. The maximum atomic E-state index is 10.9. The Kier molecular flexibility index (Phi) is 7.61. The van der Waals surface area contributed by atoms with Gasteiger partial charge in [-0.05, 0) is 44.9 Å². The highest BCUT2D eigenvalue weighted by Crippen LogP contribution is 2.26. The van der Waals surface area contributed by atoms with E-state index in [9.17, 15) is 10.0 Å². The average Bonchev–Trinajstić information content (AvgIpc) is 3.14. The summed E-state index contributed by atoms with van der Waals surface area (Å²) in [6, 6.07) is 8.72. The molecule has 2 aromatic rings. The number of amides is 2. The maximum Gasteiger partial charge on any atom is 0.339 e. The molecular formula is C21H24N4O5. The van der Waals surface area contributed by atoms with E-state index in [1.807, 2.05) is 32.0 Å². The van der Waals surface area contributed by atoms with Crippen molar-refractivity contribution in [3.8, 4) is 23.6 Å². The molecule has 0 aliphatic carbocycles. The molecule has 0 radical (unpaired) electrons. The number of nitrogens with zero attached hydrogens (tertiary/aromatic N) is 3. The van der Waals surface area contributed by atoms with Crippen molar-refractivity contribution in [2.75, 3.05) is 0 Å². The Morgan fingerprint density at radius 3 is 2.43 bits per heavy atom. The minimum Gasteiger partial charge on any atom is -0.493 e. The molecule has 0 saturated heterocycles. The van der Waals surface area contributed by atoms with Gasteiger partial charge in [-0.3, -0.25) is 5.21 Å². The number of aryl methyl sites for hydroxylation is 2. The highest BCUT2D eigenvalue weighted by atomic mass is 16.7. The fourth-order valence-electron chi connectivity index (χ4n) is 2.32. The quantitative estimate of drug-likeness (QED) is 0.401. The predicted octanol–water partition coefficient (Wildman–Crippen LogP) is 2.66. The van der Waals surface area contributed by atoms with E-state index in [0.717, 1.165) is 11.4 Å². The first-order valence-corrected chi connectivity index (χ1v) is 9.09. The van der Waals surface area contributed by atoms with E-state index in [1.165, 1.54) is 13.2 Å². The third kappa shape index (κ3) is 6.68. The van der Waals surface area contributed by atoms with Crippen molar-refractivity contribution in [2.45, 2.75) is 39.0 Å². The van der Waals surface area contributed by atoms with Gasteiger partial charge in [0.15, 0.2) is 0 Å². The van der Waals surface area contributed by atoms with Crippen LogP contribution < -0.4 is 10.5 Å². The molecule has 2 atom stereocenters. The van der Waals surface area contributed by atoms with Crippen LogP contribution in [-0.4, -0.2) is 43.2 Å². The summed E-state index contributed by atoms with van der Waals surface area (Å²) < 4.78 is 11.2. The summed E-state index contributed by atoms with van der Waals surface area (Å²) in [5.41, 5.74) is 6.62. The number of nitrogens with two attached hydrogens (primary N) is 1. The van der Waals surface area contributed by atoms with E-state index >= 15 is 0 Å². The number of aromatic nitrogens is 2. The zero-order valence-electron chi connectivity index (χ0n) is 16.9. The SMILES string of the molecule is Cc1cccc(O)n1.Cc1cccc(OC2(C#CC(C)N(O)C(N)=O)CC=CO2)n1. The van der Waals surface area contributed by atoms with Gasteiger partial charge in [0.1, 0.15) is 6.04 Å². The molecule has 3 rings (SSSR count). The molecule has 0 spiro atoms. The molecule has 158 valence electrons. The van der Waals surface area contributed by atoms with Gasteiger partial charge >= 0.3 is 11.8 Å². The number of carbonyl (C=O) groups is 1. The number of hydrogen-bond donors (Lipinski definition) is 3. The third-order valence-electron chi connectivity index (χ3n) is 3.81. The normalized spacial score (nSPS) is 17.5. The lowest BCUT2D eigenvalue weighted by Crippen LogP contribution is -2.39. The topological polar surface area (TPSA) is 131 Å². The Hall–Kier alpha value is -3.77. The van der Waals surface area contributed by atoms with Crippen LogP contribution in [0, 0.1) is 25.7 Å². The minimum atomic E-state index is -1.23. The summed E-state index contributed by atoms with van der Waals surface area (Å²) in [5, 5.41) is 18.5. The molecule has 9 nitrogen and oxygen atoms in total. The van der Waals surface area contributed by atoms with Crippen molar-refractivity contribution in [3.05, 3.63) is 60.1 Å². The zero-order chi connectivity index (χ0) is 22.1. The second-order valence-corrected chi connectivity index (χ2v) is 6.43. The number of primary amides is 1. The second kappa shape index (κ2) is 10.1. The predicted molar refractivity (Wildman–Crippen MR) is 108 cm³/mol. The van der Waals surface area contributed by atoms with E-state index < -0.39 is 17.9 Å². The van der Waals surface area contributed by atoms with Crippen LogP contribution in [0.4, 0.5) is 4.79 Å². The Balaban J connectivity index is 0.000000335. The van der Waals surface area contributed by atoms with Gasteiger partial charge < -0.3 is 20.3 Å². The fourth-order valence-corrected chi connectivity index (χ4v) is 2.32. The number of urea groups is 1. The van der Waals surface area contributed by atoms with Gasteiger partial charge in [0.2, 0.25) is 11.8 Å². The summed E-state index contributed by atoms with van der Waals surface area (Å²) in [5.74, 6) is 4.72. The Bertz CT molecular complexity index is 942. The molecule has 30 heavy (non-hydrogen) atoms. The molecule has 3 heterocycles. The van der Waals surface area contributed by atoms with E-state index in [-0.39, 0.29) is 5.88 Å². The van der Waals surface area contributed by atoms with Crippen LogP contribution in [0.1, 0.15) is 24.7 Å². The number of hydrogen-bond acceptors (Lipinski definition) is 7. The molecule has 2 unspecified atom stereocenters. The Morgan fingerprint density at radius 2 is 1.93 bits per heavy atom. The molecule has 4 N–H and O–H groups in total. The molecule has 0 saturated carbocycles. The van der Waals surface area contributed by atoms with Crippen LogP contribution in [0.3, 0.4) is 0 Å². The zero-order valence-corrected chi connectivity index (χ0v) is 16.9. The minimum absolute atomic E-state index is 0.0880. The lowest BCUT2D eigenvalue weighted by Gasteiger charge is -2.24. The highest BCUT2D eigenvalue weighted by molar-refractivity contribution is 5.71. The van der Waals surface area contributed by atoms with Crippen LogP contribution in [0.2, 0.25) is 0 Å². The first-order chi connectivity index (χ1) is 14.2. The smallest absolute Gasteiger partial charge is 0.339 e. The molecule has 2 aromatic heterocycles. The number of ether oxygens (including phenoxy) is 2. The van der Waals surface area contributed by atoms with Crippen LogP contribution in [0.15, 0.2) is 48.7 Å². The summed E-state index contributed by atoms with van der Waals surface area (Å²) in [7, 11) is 0. The highest BCUT2D eigenvalue weighted by Gasteiger charge is 2.34. The number of rotatable bonds is 3. The monoisotopic (exact) mass is 412 g/mol. The van der Waals surface area contributed by atoms with Crippen molar-refractivity contribution in [1.82, 2.24) is 15.0 Å². The Labute approximate surface area is 174 Å². The van der Waals surface area contributed by atoms with E-state index in [0.29, 0.717) is 17.4 Å². The maximum absolute atomic E-state index is 10.9. The van der Waals surface area contributed by atoms with Crippen molar-refractivity contribution < 1.29 is 24.6 Å². The molecule has 1 aliphatic rings. The van der Waals surface area contributed by atoms with Crippen LogP contribution >= 0.6 is 0 Å². The standard InChI is InChI=1S/C15H17N3O4.C6H7NO/c1-11-5-3-6-13(17-11)22-15(8-4-10-21-15)9-7-12(2)18(20)14(16)19;1-5-3-2-4-6(8)7-5/h3-6,10,12,20H,8H2,1-2H3,(H2,16,19);2-4H,1H3,(H,7,8). The summed E-state index contributed by atoms with van der Waals surface area (Å²) >= 11 is 0. The van der Waals surface area contributed by atoms with Crippen LogP contribution in [-0.2, 0) is 4.74 Å². The largest absolute Gasteiger partial charge is 0.493 e. The lowest BCUT2D eigenvalue weighted by molar-refractivity contribution is -0.0808.